The summed E-state index contributed by atoms with van der Waals surface area (Å²) in [5.41, 5.74) is 3.69. The van der Waals surface area contributed by atoms with Crippen LogP contribution in [0.4, 0.5) is 5.69 Å². The van der Waals surface area contributed by atoms with Crippen molar-refractivity contribution in [3.8, 4) is 11.5 Å². The summed E-state index contributed by atoms with van der Waals surface area (Å²) in [4.78, 5) is 51.3. The number of anilines is 1. The van der Waals surface area contributed by atoms with Crippen molar-refractivity contribution in [1.82, 2.24) is 9.88 Å². The Labute approximate surface area is 331 Å². The molecule has 1 aliphatic rings. The summed E-state index contributed by atoms with van der Waals surface area (Å²) >= 11 is 0. The van der Waals surface area contributed by atoms with Crippen LogP contribution in [-0.2, 0) is 27.3 Å². The summed E-state index contributed by atoms with van der Waals surface area (Å²) in [7, 11) is 1.59. The monoisotopic (exact) mass is 763 g/mol. The lowest BCUT2D eigenvalue weighted by Gasteiger charge is -2.39. The zero-order chi connectivity index (χ0) is 39.9. The van der Waals surface area contributed by atoms with Crippen LogP contribution in [0.3, 0.4) is 0 Å². The van der Waals surface area contributed by atoms with Gasteiger partial charge in [0, 0.05) is 43.9 Å². The molecule has 5 aromatic carbocycles. The Balaban J connectivity index is 1.44. The number of pyridine rings is 1. The largest absolute Gasteiger partial charge is 0.497 e. The summed E-state index contributed by atoms with van der Waals surface area (Å²) in [5, 5.41) is 12.4. The number of aliphatic hydroxyl groups is 1. The molecule has 0 aliphatic carbocycles. The molecule has 0 spiro atoms. The smallest absolute Gasteiger partial charge is 0.302 e. The maximum absolute atomic E-state index is 15.1. The van der Waals surface area contributed by atoms with Crippen molar-refractivity contribution >= 4 is 45.1 Å². The molecule has 3 atom stereocenters. The standard InChI is InChI=1S/C47H45N3O7/c1-4-11-43(57-31(2)52)46-45(49(44(53)28-32-18-21-36(55-3)22-19-32)30-35-15-9-14-33-12-5-7-16-38(33)35)39-29-37(56-27-10-26-51)23-25-42(39)50(46)47(54)41-24-20-34-13-6-8-17-40(34)48-41/h4-9,12-25,29,43,45-46,51H,1,10-11,26-28,30H2,2-3H3/t43?,45-,46+/m0/s1. The zero-order valence-electron chi connectivity index (χ0n) is 32.0. The minimum absolute atomic E-state index is 0.0407. The first-order valence-electron chi connectivity index (χ1n) is 19.0. The second kappa shape index (κ2) is 17.5. The third-order valence-corrected chi connectivity index (χ3v) is 10.3. The minimum Gasteiger partial charge on any atom is -0.497 e. The maximum Gasteiger partial charge on any atom is 0.302 e. The minimum atomic E-state index is -0.913. The number of carbonyl (C=O) groups excluding carboxylic acids is 3. The van der Waals surface area contributed by atoms with Crippen LogP contribution in [0.25, 0.3) is 21.7 Å². The lowest BCUT2D eigenvalue weighted by molar-refractivity contribution is -0.148. The van der Waals surface area contributed by atoms with Crippen LogP contribution in [-0.4, -0.2) is 65.2 Å². The third-order valence-electron chi connectivity index (χ3n) is 10.3. The molecule has 1 aliphatic heterocycles. The Morgan fingerprint density at radius 3 is 2.39 bits per heavy atom. The fourth-order valence-electron chi connectivity index (χ4n) is 7.70. The number of methoxy groups -OCH3 is 1. The number of hydrogen-bond acceptors (Lipinski definition) is 8. The number of hydrogen-bond donors (Lipinski definition) is 1. The van der Waals surface area contributed by atoms with Crippen LogP contribution in [0.5, 0.6) is 11.5 Å². The van der Waals surface area contributed by atoms with Gasteiger partial charge in [-0.3, -0.25) is 19.3 Å². The lowest BCUT2D eigenvalue weighted by atomic mass is 9.93. The van der Waals surface area contributed by atoms with Gasteiger partial charge in [0.2, 0.25) is 5.91 Å². The summed E-state index contributed by atoms with van der Waals surface area (Å²) in [6.07, 6.45) is 1.40. The van der Waals surface area contributed by atoms with E-state index in [2.05, 4.69) is 6.58 Å². The van der Waals surface area contributed by atoms with Gasteiger partial charge in [-0.1, -0.05) is 84.9 Å². The van der Waals surface area contributed by atoms with E-state index in [-0.39, 0.29) is 44.2 Å². The van der Waals surface area contributed by atoms with Crippen LogP contribution in [0, 0.1) is 0 Å². The van der Waals surface area contributed by atoms with Crippen molar-refractivity contribution in [2.75, 3.05) is 25.2 Å². The number of carbonyl (C=O) groups is 3. The molecule has 10 heteroatoms. The van der Waals surface area contributed by atoms with Crippen LogP contribution in [0.15, 0.2) is 134 Å². The van der Waals surface area contributed by atoms with E-state index in [4.69, 9.17) is 19.2 Å². The number of para-hydroxylation sites is 1. The van der Waals surface area contributed by atoms with E-state index in [0.717, 1.165) is 27.3 Å². The van der Waals surface area contributed by atoms with E-state index < -0.39 is 30.1 Å². The molecule has 6 aromatic rings. The number of rotatable bonds is 15. The van der Waals surface area contributed by atoms with Gasteiger partial charge in [-0.25, -0.2) is 4.98 Å². The molecule has 10 nitrogen and oxygen atoms in total. The van der Waals surface area contributed by atoms with Gasteiger partial charge in [0.25, 0.3) is 5.91 Å². The summed E-state index contributed by atoms with van der Waals surface area (Å²) in [5.74, 6) is 0.00860. The van der Waals surface area contributed by atoms with Gasteiger partial charge in [-0.15, -0.1) is 6.58 Å². The molecular weight excluding hydrogens is 719 g/mol. The molecule has 1 N–H and O–H groups in total. The number of ether oxygens (including phenoxy) is 3. The Bertz CT molecular complexity index is 2410. The van der Waals surface area contributed by atoms with Gasteiger partial charge in [0.05, 0.1) is 43.4 Å². The normalized spacial score (nSPS) is 15.2. The molecule has 57 heavy (non-hydrogen) atoms. The highest BCUT2D eigenvalue weighted by Crippen LogP contribution is 2.48. The Morgan fingerprint density at radius 1 is 0.895 bits per heavy atom. The van der Waals surface area contributed by atoms with Crippen molar-refractivity contribution < 1.29 is 33.7 Å². The van der Waals surface area contributed by atoms with Gasteiger partial charge in [-0.2, -0.15) is 0 Å². The molecule has 0 bridgehead atoms. The van der Waals surface area contributed by atoms with Gasteiger partial charge in [0.1, 0.15) is 23.3 Å². The van der Waals surface area contributed by atoms with Crippen molar-refractivity contribution in [2.45, 2.75) is 50.9 Å². The second-order valence-corrected chi connectivity index (χ2v) is 14.0. The SMILES string of the molecule is C=CCC(OC(C)=O)[C@@H]1[C@@H](N(Cc2cccc3ccccc23)C(=O)Cc2ccc(OC)cc2)c2cc(OCCCO)ccc2N1C(=O)c1ccc2ccccc2n1. The van der Waals surface area contributed by atoms with E-state index in [9.17, 15) is 9.90 Å². The van der Waals surface area contributed by atoms with Crippen LogP contribution in [0.1, 0.15) is 53.0 Å². The summed E-state index contributed by atoms with van der Waals surface area (Å²) in [6.45, 7) is 5.71. The third kappa shape index (κ3) is 8.36. The maximum atomic E-state index is 15.1. The van der Waals surface area contributed by atoms with Gasteiger partial charge in [0.15, 0.2) is 0 Å². The molecule has 1 aromatic heterocycles. The van der Waals surface area contributed by atoms with Crippen LogP contribution < -0.4 is 14.4 Å². The quantitative estimate of drug-likeness (QED) is 0.0635. The highest BCUT2D eigenvalue weighted by atomic mass is 16.5. The Morgan fingerprint density at radius 2 is 1.63 bits per heavy atom. The van der Waals surface area contributed by atoms with Gasteiger partial charge in [-0.05, 0) is 64.4 Å². The van der Waals surface area contributed by atoms with Crippen LogP contribution in [0.2, 0.25) is 0 Å². The molecule has 7 rings (SSSR count). The average molecular weight is 764 g/mol. The zero-order valence-corrected chi connectivity index (χ0v) is 32.0. The first-order valence-corrected chi connectivity index (χ1v) is 19.0. The molecule has 0 saturated heterocycles. The Kier molecular flexibility index (Phi) is 11.9. The molecule has 0 saturated carbocycles. The van der Waals surface area contributed by atoms with Crippen LogP contribution >= 0.6 is 0 Å². The van der Waals surface area contributed by atoms with E-state index >= 15 is 9.59 Å². The van der Waals surface area contributed by atoms with E-state index in [1.165, 1.54) is 6.92 Å². The number of benzene rings is 5. The molecule has 0 radical (unpaired) electrons. The summed E-state index contributed by atoms with van der Waals surface area (Å²) in [6, 6.07) is 36.2. The fourth-order valence-corrected chi connectivity index (χ4v) is 7.70. The predicted molar refractivity (Wildman–Crippen MR) is 220 cm³/mol. The molecule has 1 unspecified atom stereocenters. The molecule has 2 amide bonds. The van der Waals surface area contributed by atoms with Crippen molar-refractivity contribution in [2.24, 2.45) is 0 Å². The predicted octanol–water partition coefficient (Wildman–Crippen LogP) is 8.01. The highest BCUT2D eigenvalue weighted by Gasteiger charge is 2.51. The number of nitrogens with zero attached hydrogens (tertiary/aromatic N) is 3. The van der Waals surface area contributed by atoms with Gasteiger partial charge < -0.3 is 24.2 Å². The number of amides is 2. The van der Waals surface area contributed by atoms with Gasteiger partial charge >= 0.3 is 5.97 Å². The van der Waals surface area contributed by atoms with Crippen molar-refractivity contribution in [3.05, 3.63) is 156 Å². The topological polar surface area (TPSA) is 119 Å². The number of esters is 1. The first-order chi connectivity index (χ1) is 27.8. The number of aromatic nitrogens is 1. The Hall–Kier alpha value is -6.52. The van der Waals surface area contributed by atoms with E-state index in [0.29, 0.717) is 34.7 Å². The molecule has 0 fully saturated rings. The summed E-state index contributed by atoms with van der Waals surface area (Å²) < 4.78 is 17.6. The first kappa shape index (κ1) is 38.7. The number of fused-ring (bicyclic) bond motifs is 3. The number of aliphatic hydroxyl groups excluding tert-OH is 1. The average Bonchev–Trinajstić information content (AvgIpc) is 3.56. The highest BCUT2D eigenvalue weighted by molar-refractivity contribution is 6.08. The second-order valence-electron chi connectivity index (χ2n) is 14.0. The molecule has 2 heterocycles. The molecule has 290 valence electrons. The van der Waals surface area contributed by atoms with Crippen molar-refractivity contribution in [1.29, 1.82) is 0 Å². The van der Waals surface area contributed by atoms with Crippen molar-refractivity contribution in [3.63, 3.8) is 0 Å². The molecular formula is C47H45N3O7. The fraction of sp³-hybridized carbons (Fsp3) is 0.234. The lowest BCUT2D eigenvalue weighted by Crippen LogP contribution is -2.53. The van der Waals surface area contributed by atoms with E-state index in [1.54, 1.807) is 41.2 Å². The van der Waals surface area contributed by atoms with E-state index in [1.807, 2.05) is 103 Å².